The summed E-state index contributed by atoms with van der Waals surface area (Å²) >= 11 is 6.00. The number of rotatable bonds is 3. The Balaban J connectivity index is 2.20. The number of ether oxygens (including phenoxy) is 2. The highest BCUT2D eigenvalue weighted by Gasteiger charge is 2.21. The van der Waals surface area contributed by atoms with Gasteiger partial charge in [-0.3, -0.25) is 4.79 Å². The van der Waals surface area contributed by atoms with E-state index in [0.29, 0.717) is 11.6 Å². The van der Waals surface area contributed by atoms with Crippen LogP contribution in [0.3, 0.4) is 0 Å². The Bertz CT molecular complexity index is 436. The molecular weight excluding hydrogens is 254 g/mol. The SMILES string of the molecule is COCC(=O)NC1CCCOc2ccc(Cl)cc21. The van der Waals surface area contributed by atoms with Crippen molar-refractivity contribution in [3.8, 4) is 5.75 Å². The van der Waals surface area contributed by atoms with E-state index in [9.17, 15) is 4.79 Å². The number of nitrogens with one attached hydrogen (secondary N) is 1. The van der Waals surface area contributed by atoms with Gasteiger partial charge < -0.3 is 14.8 Å². The molecule has 0 aliphatic carbocycles. The Hall–Kier alpha value is -1.26. The lowest BCUT2D eigenvalue weighted by Crippen LogP contribution is -2.31. The van der Waals surface area contributed by atoms with E-state index < -0.39 is 0 Å². The molecule has 1 aliphatic rings. The predicted octanol–water partition coefficient (Wildman–Crippen LogP) is 2.32. The van der Waals surface area contributed by atoms with Crippen molar-refractivity contribution in [2.45, 2.75) is 18.9 Å². The van der Waals surface area contributed by atoms with Crippen molar-refractivity contribution in [1.29, 1.82) is 0 Å². The molecule has 1 heterocycles. The van der Waals surface area contributed by atoms with Gasteiger partial charge in [-0.05, 0) is 31.0 Å². The highest BCUT2D eigenvalue weighted by molar-refractivity contribution is 6.30. The fraction of sp³-hybridized carbons (Fsp3) is 0.462. The number of hydrogen-bond acceptors (Lipinski definition) is 3. The molecule has 5 heteroatoms. The first-order valence-electron chi connectivity index (χ1n) is 5.91. The quantitative estimate of drug-likeness (QED) is 0.916. The maximum Gasteiger partial charge on any atom is 0.246 e. The zero-order valence-electron chi connectivity index (χ0n) is 10.2. The molecule has 0 fully saturated rings. The van der Waals surface area contributed by atoms with E-state index in [4.69, 9.17) is 21.1 Å². The minimum atomic E-state index is -0.129. The van der Waals surface area contributed by atoms with Gasteiger partial charge in [0.05, 0.1) is 12.6 Å². The molecule has 2 rings (SSSR count). The highest BCUT2D eigenvalue weighted by atomic mass is 35.5. The number of carbonyl (C=O) groups excluding carboxylic acids is 1. The second-order valence-corrected chi connectivity index (χ2v) is 4.66. The molecule has 18 heavy (non-hydrogen) atoms. The lowest BCUT2D eigenvalue weighted by atomic mass is 10.0. The molecule has 0 aromatic heterocycles. The van der Waals surface area contributed by atoms with Crippen LogP contribution in [-0.4, -0.2) is 26.2 Å². The van der Waals surface area contributed by atoms with Crippen LogP contribution in [0.2, 0.25) is 5.02 Å². The van der Waals surface area contributed by atoms with Crippen LogP contribution < -0.4 is 10.1 Å². The fourth-order valence-corrected chi connectivity index (χ4v) is 2.25. The summed E-state index contributed by atoms with van der Waals surface area (Å²) in [4.78, 5) is 11.6. The summed E-state index contributed by atoms with van der Waals surface area (Å²) in [5.74, 6) is 0.662. The maximum absolute atomic E-state index is 11.6. The Morgan fingerprint density at radius 1 is 1.61 bits per heavy atom. The van der Waals surface area contributed by atoms with Crippen molar-refractivity contribution in [3.63, 3.8) is 0 Å². The number of fused-ring (bicyclic) bond motifs is 1. The van der Waals surface area contributed by atoms with E-state index >= 15 is 0 Å². The molecule has 0 saturated carbocycles. The Morgan fingerprint density at radius 3 is 3.22 bits per heavy atom. The molecule has 0 saturated heterocycles. The third-order valence-corrected chi connectivity index (χ3v) is 3.09. The van der Waals surface area contributed by atoms with Gasteiger partial charge >= 0.3 is 0 Å². The first-order valence-corrected chi connectivity index (χ1v) is 6.29. The zero-order valence-corrected chi connectivity index (χ0v) is 11.0. The number of benzene rings is 1. The summed E-state index contributed by atoms with van der Waals surface area (Å²) < 4.78 is 10.5. The monoisotopic (exact) mass is 269 g/mol. The molecule has 0 spiro atoms. The molecule has 4 nitrogen and oxygen atoms in total. The van der Waals surface area contributed by atoms with E-state index in [-0.39, 0.29) is 18.6 Å². The molecule has 98 valence electrons. The smallest absolute Gasteiger partial charge is 0.246 e. The van der Waals surface area contributed by atoms with E-state index in [2.05, 4.69) is 5.32 Å². The largest absolute Gasteiger partial charge is 0.493 e. The van der Waals surface area contributed by atoms with Crippen LogP contribution in [0.5, 0.6) is 5.75 Å². The molecule has 1 unspecified atom stereocenters. The lowest BCUT2D eigenvalue weighted by molar-refractivity contribution is -0.125. The highest BCUT2D eigenvalue weighted by Crippen LogP contribution is 2.33. The Labute approximate surface area is 111 Å². The van der Waals surface area contributed by atoms with Crippen LogP contribution >= 0.6 is 11.6 Å². The number of halogens is 1. The van der Waals surface area contributed by atoms with Gasteiger partial charge in [0.2, 0.25) is 5.91 Å². The van der Waals surface area contributed by atoms with Crippen LogP contribution in [0.15, 0.2) is 18.2 Å². The molecule has 1 atom stereocenters. The van der Waals surface area contributed by atoms with E-state index in [1.54, 1.807) is 6.07 Å². The third kappa shape index (κ3) is 3.15. The Kier molecular flexibility index (Phi) is 4.44. The van der Waals surface area contributed by atoms with Crippen LogP contribution in [-0.2, 0) is 9.53 Å². The van der Waals surface area contributed by atoms with Crippen LogP contribution in [0, 0.1) is 0 Å². The molecule has 0 radical (unpaired) electrons. The molecular formula is C13H16ClNO3. The summed E-state index contributed by atoms with van der Waals surface area (Å²) in [6, 6.07) is 5.42. The standard InChI is InChI=1S/C13H16ClNO3/c1-17-8-13(16)15-11-3-2-6-18-12-5-4-9(14)7-10(11)12/h4-5,7,11H,2-3,6,8H2,1H3,(H,15,16). The van der Waals surface area contributed by atoms with Gasteiger partial charge in [0.1, 0.15) is 12.4 Å². The summed E-state index contributed by atoms with van der Waals surface area (Å²) in [5, 5.41) is 3.58. The number of hydrogen-bond donors (Lipinski definition) is 1. The van der Waals surface area contributed by atoms with Crippen molar-refractivity contribution in [2.24, 2.45) is 0 Å². The van der Waals surface area contributed by atoms with Gasteiger partial charge in [0, 0.05) is 17.7 Å². The van der Waals surface area contributed by atoms with Gasteiger partial charge in [-0.1, -0.05) is 11.6 Å². The molecule has 1 N–H and O–H groups in total. The van der Waals surface area contributed by atoms with Crippen LogP contribution in [0.1, 0.15) is 24.4 Å². The third-order valence-electron chi connectivity index (χ3n) is 2.85. The maximum atomic E-state index is 11.6. The van der Waals surface area contributed by atoms with Gasteiger partial charge in [-0.2, -0.15) is 0 Å². The summed E-state index contributed by atoms with van der Waals surface area (Å²) in [6.45, 7) is 0.721. The molecule has 1 amide bonds. The van der Waals surface area contributed by atoms with Crippen molar-refractivity contribution in [1.82, 2.24) is 5.32 Å². The number of amides is 1. The fourth-order valence-electron chi connectivity index (χ4n) is 2.07. The second kappa shape index (κ2) is 6.07. The molecule has 0 bridgehead atoms. The average molecular weight is 270 g/mol. The summed E-state index contributed by atoms with van der Waals surface area (Å²) in [7, 11) is 1.50. The van der Waals surface area contributed by atoms with E-state index in [0.717, 1.165) is 24.2 Å². The normalized spacial score (nSPS) is 18.4. The molecule has 1 aromatic rings. The second-order valence-electron chi connectivity index (χ2n) is 4.23. The van der Waals surface area contributed by atoms with Gasteiger partial charge in [-0.25, -0.2) is 0 Å². The van der Waals surface area contributed by atoms with Crippen molar-refractivity contribution >= 4 is 17.5 Å². The first-order chi connectivity index (χ1) is 8.70. The predicted molar refractivity (Wildman–Crippen MR) is 68.9 cm³/mol. The van der Waals surface area contributed by atoms with E-state index in [1.165, 1.54) is 7.11 Å². The van der Waals surface area contributed by atoms with Crippen molar-refractivity contribution < 1.29 is 14.3 Å². The van der Waals surface area contributed by atoms with Gasteiger partial charge in [-0.15, -0.1) is 0 Å². The lowest BCUT2D eigenvalue weighted by Gasteiger charge is -2.18. The molecule has 1 aromatic carbocycles. The van der Waals surface area contributed by atoms with Crippen molar-refractivity contribution in [3.05, 3.63) is 28.8 Å². The van der Waals surface area contributed by atoms with Gasteiger partial charge in [0.15, 0.2) is 0 Å². The average Bonchev–Trinajstić information content (AvgIpc) is 2.52. The topological polar surface area (TPSA) is 47.6 Å². The van der Waals surface area contributed by atoms with Crippen LogP contribution in [0.4, 0.5) is 0 Å². The summed E-state index contributed by atoms with van der Waals surface area (Å²) in [5.41, 5.74) is 0.935. The van der Waals surface area contributed by atoms with Gasteiger partial charge in [0.25, 0.3) is 0 Å². The minimum Gasteiger partial charge on any atom is -0.493 e. The number of methoxy groups -OCH3 is 1. The number of carbonyl (C=O) groups is 1. The van der Waals surface area contributed by atoms with E-state index in [1.807, 2.05) is 12.1 Å². The summed E-state index contributed by atoms with van der Waals surface area (Å²) in [6.07, 6.45) is 1.73. The minimum absolute atomic E-state index is 0.0628. The van der Waals surface area contributed by atoms with Crippen molar-refractivity contribution in [2.75, 3.05) is 20.3 Å². The van der Waals surface area contributed by atoms with Crippen LogP contribution in [0.25, 0.3) is 0 Å². The Morgan fingerprint density at radius 2 is 2.44 bits per heavy atom. The molecule has 1 aliphatic heterocycles. The zero-order chi connectivity index (χ0) is 13.0. The first kappa shape index (κ1) is 13.2.